The zero-order valence-corrected chi connectivity index (χ0v) is 12.4. The van der Waals surface area contributed by atoms with Crippen molar-refractivity contribution in [3.63, 3.8) is 0 Å². The smallest absolute Gasteiger partial charge is 0.329 e. The topological polar surface area (TPSA) is 62.7 Å². The molecule has 0 amide bonds. The zero-order chi connectivity index (χ0) is 14.0. The van der Waals surface area contributed by atoms with E-state index in [0.717, 1.165) is 25.3 Å². The quantitative estimate of drug-likeness (QED) is 0.865. The average Bonchev–Trinajstić information content (AvgIpc) is 2.73. The Morgan fingerprint density at radius 3 is 2.84 bits per heavy atom. The van der Waals surface area contributed by atoms with Crippen LogP contribution in [0.25, 0.3) is 0 Å². The molecule has 1 aromatic rings. The number of hydrogen-bond donors (Lipinski definition) is 1. The van der Waals surface area contributed by atoms with Crippen LogP contribution in [0.5, 0.6) is 0 Å². The first-order valence-corrected chi connectivity index (χ1v) is 7.28. The summed E-state index contributed by atoms with van der Waals surface area (Å²) in [5.74, 6) is -0.444. The Balaban J connectivity index is 1.79. The minimum absolute atomic E-state index is 0.224. The highest BCUT2D eigenvalue weighted by Gasteiger charge is 2.40. The minimum atomic E-state index is -0.916. The van der Waals surface area contributed by atoms with Crippen LogP contribution in [0.3, 0.4) is 0 Å². The van der Waals surface area contributed by atoms with E-state index in [9.17, 15) is 4.79 Å². The molecule has 6 heteroatoms. The molecule has 1 aliphatic rings. The number of thiazole rings is 1. The number of hydrogen-bond acceptors (Lipinski definition) is 5. The lowest BCUT2D eigenvalue weighted by molar-refractivity contribution is -0.165. The van der Waals surface area contributed by atoms with Gasteiger partial charge in [-0.2, -0.15) is 0 Å². The summed E-state index contributed by atoms with van der Waals surface area (Å²) in [5, 5.41) is 11.9. The molecule has 0 bridgehead atoms. The van der Waals surface area contributed by atoms with Crippen molar-refractivity contribution in [2.75, 3.05) is 19.7 Å². The maximum atomic E-state index is 10.5. The van der Waals surface area contributed by atoms with Gasteiger partial charge in [-0.25, -0.2) is 9.78 Å². The molecule has 1 N–H and O–H groups in total. The molecule has 0 aliphatic carbocycles. The molecule has 0 spiro atoms. The fourth-order valence-electron chi connectivity index (χ4n) is 2.23. The summed E-state index contributed by atoms with van der Waals surface area (Å²) in [6.07, 6.45) is 0. The lowest BCUT2D eigenvalue weighted by atomic mass is 9.96. The standard InChI is InChI=1S/C13H20N2O3S/c1-9(2)12-14-10(6-19-12)4-15-7-13(3,8-15)18-5-11(16)17/h6,9H,4-5,7-8H2,1-3H3,(H,16,17). The highest BCUT2D eigenvalue weighted by molar-refractivity contribution is 7.09. The van der Waals surface area contributed by atoms with Gasteiger partial charge in [0.1, 0.15) is 6.61 Å². The van der Waals surface area contributed by atoms with E-state index in [4.69, 9.17) is 9.84 Å². The molecule has 1 saturated heterocycles. The van der Waals surface area contributed by atoms with Gasteiger partial charge in [0.15, 0.2) is 0 Å². The van der Waals surface area contributed by atoms with Gasteiger partial charge in [-0.05, 0) is 6.92 Å². The van der Waals surface area contributed by atoms with Crippen LogP contribution in [0.2, 0.25) is 0 Å². The Morgan fingerprint density at radius 1 is 1.63 bits per heavy atom. The van der Waals surface area contributed by atoms with Gasteiger partial charge in [0.25, 0.3) is 0 Å². The second-order valence-electron chi connectivity index (χ2n) is 5.61. The maximum Gasteiger partial charge on any atom is 0.329 e. The van der Waals surface area contributed by atoms with Gasteiger partial charge in [-0.1, -0.05) is 13.8 Å². The van der Waals surface area contributed by atoms with Gasteiger partial charge in [-0.15, -0.1) is 11.3 Å². The predicted molar refractivity (Wildman–Crippen MR) is 73.5 cm³/mol. The van der Waals surface area contributed by atoms with E-state index in [1.165, 1.54) is 5.01 Å². The van der Waals surface area contributed by atoms with Crippen LogP contribution >= 0.6 is 11.3 Å². The molecule has 19 heavy (non-hydrogen) atoms. The first-order chi connectivity index (χ1) is 8.88. The van der Waals surface area contributed by atoms with Gasteiger partial charge in [0, 0.05) is 30.9 Å². The van der Waals surface area contributed by atoms with Crippen molar-refractivity contribution in [2.45, 2.75) is 38.8 Å². The fourth-order valence-corrected chi connectivity index (χ4v) is 3.05. The van der Waals surface area contributed by atoms with E-state index in [2.05, 4.69) is 29.1 Å². The molecule has 0 radical (unpaired) electrons. The van der Waals surface area contributed by atoms with Crippen molar-refractivity contribution in [2.24, 2.45) is 0 Å². The number of aliphatic carboxylic acids is 1. The van der Waals surface area contributed by atoms with Crippen LogP contribution in [-0.2, 0) is 16.1 Å². The third-order valence-corrected chi connectivity index (χ3v) is 4.30. The summed E-state index contributed by atoms with van der Waals surface area (Å²) in [4.78, 5) is 17.3. The van der Waals surface area contributed by atoms with Gasteiger partial charge in [0.05, 0.1) is 16.3 Å². The Morgan fingerprint density at radius 2 is 2.32 bits per heavy atom. The molecule has 0 saturated carbocycles. The second-order valence-corrected chi connectivity index (χ2v) is 6.50. The van der Waals surface area contributed by atoms with Gasteiger partial charge in [-0.3, -0.25) is 4.90 Å². The van der Waals surface area contributed by atoms with E-state index in [-0.39, 0.29) is 12.2 Å². The third-order valence-electron chi connectivity index (χ3n) is 3.11. The van der Waals surface area contributed by atoms with Crippen LogP contribution in [0.4, 0.5) is 0 Å². The molecular weight excluding hydrogens is 264 g/mol. The summed E-state index contributed by atoms with van der Waals surface area (Å²) < 4.78 is 5.38. The van der Waals surface area contributed by atoms with E-state index >= 15 is 0 Å². The molecule has 106 valence electrons. The highest BCUT2D eigenvalue weighted by Crippen LogP contribution is 2.27. The summed E-state index contributed by atoms with van der Waals surface area (Å²) in [7, 11) is 0. The largest absolute Gasteiger partial charge is 0.480 e. The number of carboxylic acid groups (broad SMARTS) is 1. The summed E-state index contributed by atoms with van der Waals surface area (Å²) in [5.41, 5.74) is 0.768. The van der Waals surface area contributed by atoms with Gasteiger partial charge >= 0.3 is 5.97 Å². The zero-order valence-electron chi connectivity index (χ0n) is 11.5. The maximum absolute atomic E-state index is 10.5. The predicted octanol–water partition coefficient (Wildman–Crippen LogP) is 1.94. The van der Waals surface area contributed by atoms with Crippen molar-refractivity contribution in [3.05, 3.63) is 16.1 Å². The van der Waals surface area contributed by atoms with Crippen LogP contribution in [0.1, 0.15) is 37.4 Å². The molecule has 1 aliphatic heterocycles. The molecule has 1 fully saturated rings. The van der Waals surface area contributed by atoms with Crippen molar-refractivity contribution >= 4 is 17.3 Å². The number of nitrogens with zero attached hydrogens (tertiary/aromatic N) is 2. The lowest BCUT2D eigenvalue weighted by Gasteiger charge is -2.47. The van der Waals surface area contributed by atoms with E-state index in [1.807, 2.05) is 6.92 Å². The van der Waals surface area contributed by atoms with Crippen molar-refractivity contribution in [3.8, 4) is 0 Å². The van der Waals surface area contributed by atoms with Crippen LogP contribution < -0.4 is 0 Å². The fraction of sp³-hybridized carbons (Fsp3) is 0.692. The number of carboxylic acids is 1. The molecule has 2 rings (SSSR count). The van der Waals surface area contributed by atoms with Gasteiger partial charge < -0.3 is 9.84 Å². The van der Waals surface area contributed by atoms with E-state index < -0.39 is 5.97 Å². The van der Waals surface area contributed by atoms with Crippen LogP contribution in [0.15, 0.2) is 5.38 Å². The number of likely N-dealkylation sites (tertiary alicyclic amines) is 1. The molecule has 0 aromatic carbocycles. The molecule has 0 atom stereocenters. The third kappa shape index (κ3) is 3.75. The number of aromatic nitrogens is 1. The first kappa shape index (κ1) is 14.4. The molecule has 0 unspecified atom stereocenters. The molecule has 1 aromatic heterocycles. The lowest BCUT2D eigenvalue weighted by Crippen LogP contribution is -2.61. The minimum Gasteiger partial charge on any atom is -0.480 e. The monoisotopic (exact) mass is 284 g/mol. The van der Waals surface area contributed by atoms with Crippen molar-refractivity contribution in [1.82, 2.24) is 9.88 Å². The molecule has 5 nitrogen and oxygen atoms in total. The number of carbonyl (C=O) groups is 1. The summed E-state index contributed by atoms with van der Waals surface area (Å²) in [6, 6.07) is 0. The molecular formula is C13H20N2O3S. The second kappa shape index (κ2) is 5.56. The highest BCUT2D eigenvalue weighted by atomic mass is 32.1. The Kier molecular flexibility index (Phi) is 4.23. The normalized spacial score (nSPS) is 18.5. The van der Waals surface area contributed by atoms with Crippen LogP contribution in [-0.4, -0.2) is 46.3 Å². The van der Waals surface area contributed by atoms with E-state index in [1.54, 1.807) is 11.3 Å². The van der Waals surface area contributed by atoms with Crippen molar-refractivity contribution in [1.29, 1.82) is 0 Å². The Hall–Kier alpha value is -0.980. The molecule has 2 heterocycles. The summed E-state index contributed by atoms with van der Waals surface area (Å²) >= 11 is 1.70. The van der Waals surface area contributed by atoms with Crippen molar-refractivity contribution < 1.29 is 14.6 Å². The average molecular weight is 284 g/mol. The number of rotatable bonds is 6. The summed E-state index contributed by atoms with van der Waals surface area (Å²) in [6.45, 7) is 8.34. The first-order valence-electron chi connectivity index (χ1n) is 6.40. The van der Waals surface area contributed by atoms with Gasteiger partial charge in [0.2, 0.25) is 0 Å². The Labute approximate surface area is 117 Å². The number of ether oxygens (including phenoxy) is 1. The van der Waals surface area contributed by atoms with Crippen LogP contribution in [0, 0.1) is 0 Å². The Bertz CT molecular complexity index is 452. The van der Waals surface area contributed by atoms with E-state index in [0.29, 0.717) is 5.92 Å². The SMILES string of the molecule is CC(C)c1nc(CN2CC(C)(OCC(=O)O)C2)cs1.